The molecule has 0 bridgehead atoms. The largest absolute Gasteiger partial charge is 0.493 e. The van der Waals surface area contributed by atoms with Crippen molar-refractivity contribution in [3.05, 3.63) is 96.7 Å². The summed E-state index contributed by atoms with van der Waals surface area (Å²) in [5.41, 5.74) is 1.79. The van der Waals surface area contributed by atoms with E-state index in [1.807, 2.05) is 24.3 Å². The van der Waals surface area contributed by atoms with Gasteiger partial charge in [-0.3, -0.25) is 14.5 Å². The lowest BCUT2D eigenvalue weighted by atomic mass is 10.1. The average Bonchev–Trinajstić information content (AvgIpc) is 3.07. The Kier molecular flexibility index (Phi) is 7.80. The standard InChI is InChI=1S/C25H18ClFINO4S/c1-32-21-11-15(10-20(28)23(21)33-14-17-7-2-4-8-18(17)26)12-22-24(30)29(25(31)34-22)13-16-6-3-5-9-19(16)27/h2-12H,13-14H2,1H3/b22-12-. The molecule has 0 aromatic heterocycles. The fourth-order valence-corrected chi connectivity index (χ4v) is 5.12. The summed E-state index contributed by atoms with van der Waals surface area (Å²) in [6.07, 6.45) is 1.62. The molecular weight excluding hydrogens is 592 g/mol. The molecule has 3 aromatic rings. The van der Waals surface area contributed by atoms with Crippen LogP contribution in [0.15, 0.2) is 65.6 Å². The van der Waals surface area contributed by atoms with Crippen LogP contribution in [-0.2, 0) is 17.9 Å². The Bertz CT molecular complexity index is 1300. The number of rotatable bonds is 7. The summed E-state index contributed by atoms with van der Waals surface area (Å²) in [6, 6.07) is 17.0. The van der Waals surface area contributed by atoms with Crippen LogP contribution in [0.5, 0.6) is 11.5 Å². The average molecular weight is 610 g/mol. The highest BCUT2D eigenvalue weighted by molar-refractivity contribution is 14.1. The van der Waals surface area contributed by atoms with Crippen LogP contribution in [0.4, 0.5) is 9.18 Å². The van der Waals surface area contributed by atoms with E-state index in [1.165, 1.54) is 13.2 Å². The van der Waals surface area contributed by atoms with Crippen LogP contribution in [0.1, 0.15) is 16.7 Å². The highest BCUT2D eigenvalue weighted by Gasteiger charge is 2.35. The Morgan fingerprint density at radius 3 is 2.50 bits per heavy atom. The van der Waals surface area contributed by atoms with Gasteiger partial charge in [-0.2, -0.15) is 0 Å². The molecule has 0 N–H and O–H groups in total. The molecule has 3 aromatic carbocycles. The van der Waals surface area contributed by atoms with Crippen molar-refractivity contribution in [1.82, 2.24) is 4.90 Å². The minimum absolute atomic E-state index is 0.121. The third kappa shape index (κ3) is 5.39. The van der Waals surface area contributed by atoms with E-state index >= 15 is 0 Å². The number of amides is 2. The van der Waals surface area contributed by atoms with Crippen LogP contribution >= 0.6 is 46.0 Å². The van der Waals surface area contributed by atoms with Gasteiger partial charge in [-0.05, 0) is 70.3 Å². The van der Waals surface area contributed by atoms with E-state index in [1.54, 1.807) is 36.4 Å². The van der Waals surface area contributed by atoms with Crippen molar-refractivity contribution in [1.29, 1.82) is 0 Å². The Morgan fingerprint density at radius 2 is 1.79 bits per heavy atom. The van der Waals surface area contributed by atoms with Crippen LogP contribution in [0, 0.1) is 9.39 Å². The number of benzene rings is 3. The van der Waals surface area contributed by atoms with Gasteiger partial charge >= 0.3 is 0 Å². The number of carbonyl (C=O) groups excluding carboxylic acids is 2. The first-order chi connectivity index (χ1) is 16.4. The van der Waals surface area contributed by atoms with Gasteiger partial charge in [0.25, 0.3) is 11.1 Å². The van der Waals surface area contributed by atoms with Gasteiger partial charge in [0.2, 0.25) is 0 Å². The number of carbonyl (C=O) groups is 2. The van der Waals surface area contributed by atoms with E-state index in [4.69, 9.17) is 21.1 Å². The highest BCUT2D eigenvalue weighted by atomic mass is 127. The van der Waals surface area contributed by atoms with E-state index in [0.29, 0.717) is 22.1 Å². The molecule has 1 heterocycles. The van der Waals surface area contributed by atoms with Crippen molar-refractivity contribution in [2.45, 2.75) is 13.2 Å². The number of thioether (sulfide) groups is 1. The normalized spacial score (nSPS) is 14.7. The van der Waals surface area contributed by atoms with Crippen molar-refractivity contribution >= 4 is 63.2 Å². The zero-order valence-corrected chi connectivity index (χ0v) is 21.6. The molecule has 2 amide bonds. The van der Waals surface area contributed by atoms with Gasteiger partial charge < -0.3 is 9.47 Å². The lowest BCUT2D eigenvalue weighted by Gasteiger charge is -2.14. The highest BCUT2D eigenvalue weighted by Crippen LogP contribution is 2.38. The van der Waals surface area contributed by atoms with E-state index in [2.05, 4.69) is 22.6 Å². The molecule has 1 aliphatic rings. The number of ether oxygens (including phenoxy) is 2. The summed E-state index contributed by atoms with van der Waals surface area (Å²) in [4.78, 5) is 26.6. The molecular formula is C25H18ClFINO4S. The third-order valence-corrected chi connectivity index (χ3v) is 7.12. The van der Waals surface area contributed by atoms with Crippen molar-refractivity contribution in [3.63, 3.8) is 0 Å². The summed E-state index contributed by atoms with van der Waals surface area (Å²) in [5.74, 6) is 0.104. The predicted octanol–water partition coefficient (Wildman–Crippen LogP) is 6.91. The fourth-order valence-electron chi connectivity index (χ4n) is 3.31. The van der Waals surface area contributed by atoms with E-state index < -0.39 is 17.0 Å². The zero-order valence-electron chi connectivity index (χ0n) is 17.9. The van der Waals surface area contributed by atoms with E-state index in [9.17, 15) is 14.0 Å². The summed E-state index contributed by atoms with van der Waals surface area (Å²) >= 11 is 9.16. The van der Waals surface area contributed by atoms with E-state index in [-0.39, 0.29) is 23.6 Å². The predicted molar refractivity (Wildman–Crippen MR) is 139 cm³/mol. The number of methoxy groups -OCH3 is 1. The summed E-state index contributed by atoms with van der Waals surface area (Å²) in [7, 11) is 1.53. The lowest BCUT2D eigenvalue weighted by molar-refractivity contribution is -0.123. The van der Waals surface area contributed by atoms with Gasteiger partial charge in [-0.1, -0.05) is 48.0 Å². The number of halogens is 3. The van der Waals surface area contributed by atoms with Gasteiger partial charge in [0.15, 0.2) is 11.5 Å². The van der Waals surface area contributed by atoms with Gasteiger partial charge in [0.1, 0.15) is 12.4 Å². The third-order valence-electron chi connectivity index (χ3n) is 5.04. The van der Waals surface area contributed by atoms with Gasteiger partial charge in [0, 0.05) is 16.1 Å². The molecule has 9 heteroatoms. The lowest BCUT2D eigenvalue weighted by Crippen LogP contribution is -2.27. The molecule has 1 fully saturated rings. The maximum atomic E-state index is 14.0. The zero-order chi connectivity index (χ0) is 24.2. The Balaban J connectivity index is 1.55. The minimum Gasteiger partial charge on any atom is -0.493 e. The maximum Gasteiger partial charge on any atom is 0.293 e. The maximum absolute atomic E-state index is 14.0. The fraction of sp³-hybridized carbons (Fsp3) is 0.120. The first-order valence-electron chi connectivity index (χ1n) is 10.1. The van der Waals surface area contributed by atoms with Crippen molar-refractivity contribution < 1.29 is 23.5 Å². The first-order valence-corrected chi connectivity index (χ1v) is 12.4. The molecule has 1 saturated heterocycles. The molecule has 0 radical (unpaired) electrons. The molecule has 0 saturated carbocycles. The number of hydrogen-bond acceptors (Lipinski definition) is 5. The molecule has 0 unspecified atom stereocenters. The molecule has 1 aliphatic heterocycles. The number of imide groups is 1. The Hall–Kier alpha value is -2.56. The van der Waals surface area contributed by atoms with Crippen LogP contribution < -0.4 is 9.47 Å². The smallest absolute Gasteiger partial charge is 0.293 e. The topological polar surface area (TPSA) is 55.8 Å². The van der Waals surface area contributed by atoms with Crippen molar-refractivity contribution in [3.8, 4) is 11.5 Å². The summed E-state index contributed by atoms with van der Waals surface area (Å²) in [5, 5.41) is 0.167. The monoisotopic (exact) mass is 609 g/mol. The van der Waals surface area contributed by atoms with Crippen LogP contribution in [0.25, 0.3) is 6.08 Å². The molecule has 174 valence electrons. The Labute approximate surface area is 219 Å². The van der Waals surface area contributed by atoms with Gasteiger partial charge in [-0.15, -0.1) is 0 Å². The number of nitrogens with zero attached hydrogens (tertiary/aromatic N) is 1. The minimum atomic E-state index is -0.466. The first kappa shape index (κ1) is 24.6. The van der Waals surface area contributed by atoms with Gasteiger partial charge in [0.05, 0.1) is 22.1 Å². The van der Waals surface area contributed by atoms with Crippen LogP contribution in [0.3, 0.4) is 0 Å². The molecule has 4 rings (SSSR count). The quantitative estimate of drug-likeness (QED) is 0.215. The van der Waals surface area contributed by atoms with Crippen LogP contribution in [0.2, 0.25) is 5.02 Å². The molecule has 5 nitrogen and oxygen atoms in total. The second-order valence-corrected chi connectivity index (χ2v) is 9.84. The second-order valence-electron chi connectivity index (χ2n) is 7.27. The molecule has 0 spiro atoms. The van der Waals surface area contributed by atoms with Crippen molar-refractivity contribution in [2.24, 2.45) is 0 Å². The molecule has 0 atom stereocenters. The second kappa shape index (κ2) is 10.8. The molecule has 34 heavy (non-hydrogen) atoms. The van der Waals surface area contributed by atoms with Crippen LogP contribution in [-0.4, -0.2) is 23.2 Å². The summed E-state index contributed by atoms with van der Waals surface area (Å²) in [6.45, 7) is 0.144. The van der Waals surface area contributed by atoms with Crippen molar-refractivity contribution in [2.75, 3.05) is 7.11 Å². The Morgan fingerprint density at radius 1 is 1.09 bits per heavy atom. The SMILES string of the molecule is COc1cc(/C=C2\SC(=O)N(Cc3ccccc3F)C2=O)cc(I)c1OCc1ccccc1Cl. The summed E-state index contributed by atoms with van der Waals surface area (Å²) < 4.78 is 26.2. The number of hydrogen-bond donors (Lipinski definition) is 0. The van der Waals surface area contributed by atoms with Gasteiger partial charge in [-0.25, -0.2) is 4.39 Å². The molecule has 0 aliphatic carbocycles. The van der Waals surface area contributed by atoms with E-state index in [0.717, 1.165) is 25.8 Å².